The SMILES string of the molecule is COCCN(Cc1nc(C(=O)N2CC(C)OC(C)C2)cs1)C(=O)Nc1c(C)cccc1C. The van der Waals surface area contributed by atoms with E-state index in [2.05, 4.69) is 10.3 Å². The topological polar surface area (TPSA) is 84.0 Å². The third kappa shape index (κ3) is 6.05. The number of amides is 3. The van der Waals surface area contributed by atoms with E-state index >= 15 is 0 Å². The van der Waals surface area contributed by atoms with Crippen molar-refractivity contribution in [2.45, 2.75) is 46.4 Å². The number of urea groups is 1. The minimum atomic E-state index is -0.224. The average Bonchev–Trinajstić information content (AvgIpc) is 3.21. The van der Waals surface area contributed by atoms with Crippen molar-refractivity contribution in [2.24, 2.45) is 0 Å². The molecule has 2 heterocycles. The van der Waals surface area contributed by atoms with Gasteiger partial charge in [-0.25, -0.2) is 9.78 Å². The van der Waals surface area contributed by atoms with Gasteiger partial charge in [0, 0.05) is 37.8 Å². The zero-order chi connectivity index (χ0) is 23.3. The third-order valence-electron chi connectivity index (χ3n) is 5.37. The number of nitrogens with zero attached hydrogens (tertiary/aromatic N) is 3. The van der Waals surface area contributed by atoms with E-state index in [0.717, 1.165) is 16.8 Å². The molecule has 174 valence electrons. The van der Waals surface area contributed by atoms with Gasteiger partial charge in [-0.3, -0.25) is 4.79 Å². The van der Waals surface area contributed by atoms with Crippen LogP contribution in [0.3, 0.4) is 0 Å². The van der Waals surface area contributed by atoms with Gasteiger partial charge >= 0.3 is 6.03 Å². The summed E-state index contributed by atoms with van der Waals surface area (Å²) in [5, 5.41) is 5.49. The predicted molar refractivity (Wildman–Crippen MR) is 125 cm³/mol. The second-order valence-electron chi connectivity index (χ2n) is 8.21. The molecule has 2 unspecified atom stereocenters. The van der Waals surface area contributed by atoms with Crippen LogP contribution in [-0.2, 0) is 16.0 Å². The molecule has 1 fully saturated rings. The molecule has 1 aliphatic heterocycles. The number of benzene rings is 1. The summed E-state index contributed by atoms with van der Waals surface area (Å²) in [6.45, 7) is 10.1. The minimum absolute atomic E-state index is 0.000984. The molecule has 2 aromatic rings. The molecule has 1 aromatic heterocycles. The van der Waals surface area contributed by atoms with Crippen LogP contribution in [0.25, 0.3) is 0 Å². The molecule has 0 radical (unpaired) electrons. The zero-order valence-corrected chi connectivity index (χ0v) is 20.2. The zero-order valence-electron chi connectivity index (χ0n) is 19.4. The third-order valence-corrected chi connectivity index (χ3v) is 6.20. The molecule has 2 atom stereocenters. The van der Waals surface area contributed by atoms with Gasteiger partial charge in [0.2, 0.25) is 0 Å². The number of morpholine rings is 1. The van der Waals surface area contributed by atoms with Crippen molar-refractivity contribution in [1.82, 2.24) is 14.8 Å². The largest absolute Gasteiger partial charge is 0.383 e. The summed E-state index contributed by atoms with van der Waals surface area (Å²) in [5.74, 6) is -0.0991. The summed E-state index contributed by atoms with van der Waals surface area (Å²) in [5.41, 5.74) is 3.22. The molecule has 0 bridgehead atoms. The van der Waals surface area contributed by atoms with E-state index in [1.165, 1.54) is 11.3 Å². The Morgan fingerprint density at radius 3 is 2.53 bits per heavy atom. The summed E-state index contributed by atoms with van der Waals surface area (Å²) in [4.78, 5) is 33.9. The van der Waals surface area contributed by atoms with Crippen LogP contribution in [0.4, 0.5) is 10.5 Å². The Morgan fingerprint density at radius 2 is 1.91 bits per heavy atom. The molecule has 0 saturated carbocycles. The minimum Gasteiger partial charge on any atom is -0.383 e. The van der Waals surface area contributed by atoms with E-state index in [1.54, 1.807) is 22.3 Å². The number of hydrogen-bond acceptors (Lipinski definition) is 6. The van der Waals surface area contributed by atoms with Crippen LogP contribution < -0.4 is 5.32 Å². The summed E-state index contributed by atoms with van der Waals surface area (Å²) in [6, 6.07) is 5.67. The fourth-order valence-electron chi connectivity index (χ4n) is 3.80. The number of aryl methyl sites for hydroxylation is 2. The van der Waals surface area contributed by atoms with Gasteiger partial charge in [-0.1, -0.05) is 18.2 Å². The monoisotopic (exact) mass is 460 g/mol. The van der Waals surface area contributed by atoms with E-state index in [9.17, 15) is 9.59 Å². The normalized spacial score (nSPS) is 18.5. The van der Waals surface area contributed by atoms with Crippen molar-refractivity contribution in [3.63, 3.8) is 0 Å². The number of hydrogen-bond donors (Lipinski definition) is 1. The summed E-state index contributed by atoms with van der Waals surface area (Å²) in [7, 11) is 1.60. The molecule has 1 aliphatic rings. The average molecular weight is 461 g/mol. The van der Waals surface area contributed by atoms with Crippen molar-refractivity contribution >= 4 is 29.0 Å². The highest BCUT2D eigenvalue weighted by Gasteiger charge is 2.28. The van der Waals surface area contributed by atoms with Gasteiger partial charge in [-0.15, -0.1) is 11.3 Å². The number of aromatic nitrogens is 1. The van der Waals surface area contributed by atoms with Crippen LogP contribution in [-0.4, -0.2) is 72.3 Å². The molecular formula is C23H32N4O4S. The number of para-hydroxylation sites is 1. The summed E-state index contributed by atoms with van der Waals surface area (Å²) < 4.78 is 10.9. The van der Waals surface area contributed by atoms with Crippen molar-refractivity contribution in [1.29, 1.82) is 0 Å². The first-order valence-corrected chi connectivity index (χ1v) is 11.7. The molecule has 32 heavy (non-hydrogen) atoms. The number of carbonyl (C=O) groups excluding carboxylic acids is 2. The Bertz CT molecular complexity index is 918. The predicted octanol–water partition coefficient (Wildman–Crippen LogP) is 3.69. The number of methoxy groups -OCH3 is 1. The maximum atomic E-state index is 13.0. The summed E-state index contributed by atoms with van der Waals surface area (Å²) >= 11 is 1.38. The van der Waals surface area contributed by atoms with Gasteiger partial charge in [-0.2, -0.15) is 0 Å². The van der Waals surface area contributed by atoms with Gasteiger partial charge in [0.1, 0.15) is 10.7 Å². The van der Waals surface area contributed by atoms with Gasteiger partial charge in [-0.05, 0) is 38.8 Å². The number of ether oxygens (including phenoxy) is 2. The highest BCUT2D eigenvalue weighted by Crippen LogP contribution is 2.21. The number of nitrogens with one attached hydrogen (secondary N) is 1. The highest BCUT2D eigenvalue weighted by atomic mass is 32.1. The van der Waals surface area contributed by atoms with Crippen LogP contribution in [0, 0.1) is 13.8 Å². The Hall–Kier alpha value is -2.49. The number of carbonyl (C=O) groups is 2. The van der Waals surface area contributed by atoms with Crippen LogP contribution in [0.2, 0.25) is 0 Å². The Kier molecular flexibility index (Phi) is 8.22. The maximum Gasteiger partial charge on any atom is 0.322 e. The molecule has 0 aliphatic carbocycles. The Labute approximate surface area is 193 Å². The molecule has 3 amide bonds. The first-order chi connectivity index (χ1) is 15.3. The van der Waals surface area contributed by atoms with E-state index in [1.807, 2.05) is 45.9 Å². The van der Waals surface area contributed by atoms with Gasteiger partial charge < -0.3 is 24.6 Å². The van der Waals surface area contributed by atoms with Crippen molar-refractivity contribution < 1.29 is 19.1 Å². The molecule has 0 spiro atoms. The molecule has 8 nitrogen and oxygen atoms in total. The lowest BCUT2D eigenvalue weighted by Crippen LogP contribution is -2.48. The molecule has 1 saturated heterocycles. The quantitative estimate of drug-likeness (QED) is 0.681. The van der Waals surface area contributed by atoms with Crippen LogP contribution >= 0.6 is 11.3 Å². The molecule has 3 rings (SSSR count). The van der Waals surface area contributed by atoms with Crippen molar-refractivity contribution in [3.8, 4) is 0 Å². The van der Waals surface area contributed by atoms with E-state index in [-0.39, 0.29) is 24.1 Å². The standard InChI is InChI=1S/C23H32N4O4S/c1-15-7-6-8-16(2)21(15)25-23(29)26(9-10-30-5)13-20-24-19(14-32-20)22(28)27-11-17(3)31-18(4)12-27/h6-8,14,17-18H,9-13H2,1-5H3,(H,25,29). The van der Waals surface area contributed by atoms with E-state index in [4.69, 9.17) is 9.47 Å². The fourth-order valence-corrected chi connectivity index (χ4v) is 4.58. The second-order valence-corrected chi connectivity index (χ2v) is 9.15. The Morgan fingerprint density at radius 1 is 1.25 bits per heavy atom. The number of rotatable bonds is 7. The Balaban J connectivity index is 1.70. The molecule has 1 aromatic carbocycles. The molecule has 1 N–H and O–H groups in total. The maximum absolute atomic E-state index is 13.0. The number of anilines is 1. The lowest BCUT2D eigenvalue weighted by Gasteiger charge is -2.34. The second kappa shape index (κ2) is 10.9. The lowest BCUT2D eigenvalue weighted by atomic mass is 10.1. The van der Waals surface area contributed by atoms with Crippen molar-refractivity contribution in [2.75, 3.05) is 38.7 Å². The highest BCUT2D eigenvalue weighted by molar-refractivity contribution is 7.09. The van der Waals surface area contributed by atoms with Gasteiger partial charge in [0.25, 0.3) is 5.91 Å². The number of thiazole rings is 1. The van der Waals surface area contributed by atoms with Gasteiger partial charge in [0.05, 0.1) is 25.4 Å². The van der Waals surface area contributed by atoms with E-state index in [0.29, 0.717) is 43.5 Å². The first-order valence-electron chi connectivity index (χ1n) is 10.8. The van der Waals surface area contributed by atoms with Gasteiger partial charge in [0.15, 0.2) is 0 Å². The van der Waals surface area contributed by atoms with Crippen LogP contribution in [0.1, 0.15) is 40.5 Å². The molecule has 9 heteroatoms. The summed E-state index contributed by atoms with van der Waals surface area (Å²) in [6.07, 6.45) is -0.00197. The van der Waals surface area contributed by atoms with E-state index < -0.39 is 0 Å². The van der Waals surface area contributed by atoms with Crippen LogP contribution in [0.5, 0.6) is 0 Å². The lowest BCUT2D eigenvalue weighted by molar-refractivity contribution is -0.0587. The smallest absolute Gasteiger partial charge is 0.322 e. The molecular weight excluding hydrogens is 428 g/mol. The van der Waals surface area contributed by atoms with Crippen LogP contribution in [0.15, 0.2) is 23.6 Å². The first kappa shape index (κ1) is 24.2. The fraction of sp³-hybridized carbons (Fsp3) is 0.522. The van der Waals surface area contributed by atoms with Crippen molar-refractivity contribution in [3.05, 3.63) is 45.4 Å².